The minimum Gasteiger partial charge on any atom is -0.304 e. The molecule has 0 saturated heterocycles. The Morgan fingerprint density at radius 1 is 1.00 bits per heavy atom. The van der Waals surface area contributed by atoms with Gasteiger partial charge in [-0.25, -0.2) is 0 Å². The number of nitrogens with one attached hydrogen (secondary N) is 1. The third kappa shape index (κ3) is 3.73. The van der Waals surface area contributed by atoms with Gasteiger partial charge in [0, 0.05) is 6.20 Å². The fraction of sp³-hybridized carbons (Fsp3) is 0.0588. The highest BCUT2D eigenvalue weighted by Crippen LogP contribution is 2.27. The second kappa shape index (κ2) is 7.26. The van der Waals surface area contributed by atoms with Crippen LogP contribution in [0.2, 0.25) is 15.1 Å². The van der Waals surface area contributed by atoms with Crippen LogP contribution in [0.5, 0.6) is 0 Å². The summed E-state index contributed by atoms with van der Waals surface area (Å²) in [6, 6.07) is 14.7. The van der Waals surface area contributed by atoms with Crippen molar-refractivity contribution in [2.24, 2.45) is 0 Å². The molecular formula is C17H12Cl3N3O. The van der Waals surface area contributed by atoms with Crippen LogP contribution in [-0.2, 0) is 6.54 Å². The third-order valence-corrected chi connectivity index (χ3v) is 4.43. The molecule has 0 radical (unpaired) electrons. The molecule has 0 saturated carbocycles. The zero-order valence-electron chi connectivity index (χ0n) is 12.3. The predicted octanol–water partition coefficient (Wildman–Crippen LogP) is 5.14. The maximum absolute atomic E-state index is 12.3. The summed E-state index contributed by atoms with van der Waals surface area (Å²) >= 11 is 18.1. The van der Waals surface area contributed by atoms with Crippen LogP contribution in [0.3, 0.4) is 0 Å². The van der Waals surface area contributed by atoms with Crippen LogP contribution in [0, 0.1) is 0 Å². The van der Waals surface area contributed by atoms with E-state index in [1.165, 1.54) is 0 Å². The monoisotopic (exact) mass is 379 g/mol. The lowest BCUT2D eigenvalue weighted by molar-refractivity contribution is 0.102. The van der Waals surface area contributed by atoms with Gasteiger partial charge in [0.2, 0.25) is 0 Å². The van der Waals surface area contributed by atoms with Crippen molar-refractivity contribution in [1.29, 1.82) is 0 Å². The van der Waals surface area contributed by atoms with Gasteiger partial charge < -0.3 is 5.32 Å². The summed E-state index contributed by atoms with van der Waals surface area (Å²) in [5.74, 6) is -0.150. The molecule has 0 aliphatic carbocycles. The molecule has 1 heterocycles. The van der Waals surface area contributed by atoms with Gasteiger partial charge in [0.1, 0.15) is 5.02 Å². The first kappa shape index (κ1) is 16.8. The molecule has 2 aromatic carbocycles. The fourth-order valence-electron chi connectivity index (χ4n) is 2.19. The van der Waals surface area contributed by atoms with Gasteiger partial charge in [-0.2, -0.15) is 5.10 Å². The Labute approximate surface area is 154 Å². The molecule has 3 rings (SSSR count). The lowest BCUT2D eigenvalue weighted by Gasteiger charge is -2.06. The summed E-state index contributed by atoms with van der Waals surface area (Å²) in [5, 5.41) is 7.80. The van der Waals surface area contributed by atoms with Crippen molar-refractivity contribution in [2.45, 2.75) is 6.54 Å². The standard InChI is InChI=1S/C17H12Cl3N3O/c18-13-8-4-7-12(15(13)20)17(24)21-16-14(19)10-23(22-16)9-11-5-2-1-3-6-11/h1-8,10H,9H2,(H,21,22,24). The summed E-state index contributed by atoms with van der Waals surface area (Å²) < 4.78 is 1.66. The van der Waals surface area contributed by atoms with E-state index in [0.29, 0.717) is 16.6 Å². The van der Waals surface area contributed by atoms with Crippen molar-refractivity contribution in [2.75, 3.05) is 5.32 Å². The first-order valence-corrected chi connectivity index (χ1v) is 8.20. The van der Waals surface area contributed by atoms with Gasteiger partial charge in [0.25, 0.3) is 5.91 Å². The minimum atomic E-state index is -0.422. The topological polar surface area (TPSA) is 46.9 Å². The van der Waals surface area contributed by atoms with Crippen molar-refractivity contribution in [3.05, 3.63) is 80.9 Å². The van der Waals surface area contributed by atoms with Crippen LogP contribution in [0.25, 0.3) is 0 Å². The Hall–Kier alpha value is -2.01. The highest BCUT2D eigenvalue weighted by molar-refractivity contribution is 6.44. The molecule has 0 spiro atoms. The average molecular weight is 381 g/mol. The number of carbonyl (C=O) groups is 1. The number of hydrogen-bond donors (Lipinski definition) is 1. The van der Waals surface area contributed by atoms with Gasteiger partial charge in [0.05, 0.1) is 22.2 Å². The molecule has 0 aliphatic heterocycles. The number of halogens is 3. The first-order valence-electron chi connectivity index (χ1n) is 7.07. The summed E-state index contributed by atoms with van der Waals surface area (Å²) in [5.41, 5.74) is 1.34. The van der Waals surface area contributed by atoms with Crippen LogP contribution in [0.4, 0.5) is 5.82 Å². The largest absolute Gasteiger partial charge is 0.304 e. The predicted molar refractivity (Wildman–Crippen MR) is 97.2 cm³/mol. The van der Waals surface area contributed by atoms with Crippen LogP contribution in [0.15, 0.2) is 54.7 Å². The molecule has 1 N–H and O–H groups in total. The highest BCUT2D eigenvalue weighted by Gasteiger charge is 2.16. The molecular weight excluding hydrogens is 369 g/mol. The summed E-state index contributed by atoms with van der Waals surface area (Å²) in [4.78, 5) is 12.3. The quantitative estimate of drug-likeness (QED) is 0.681. The van der Waals surface area contributed by atoms with Crippen LogP contribution in [0.1, 0.15) is 15.9 Å². The molecule has 0 aliphatic rings. The van der Waals surface area contributed by atoms with E-state index in [4.69, 9.17) is 34.8 Å². The molecule has 0 atom stereocenters. The number of carbonyl (C=O) groups excluding carboxylic acids is 1. The van der Waals surface area contributed by atoms with Crippen molar-refractivity contribution in [3.63, 3.8) is 0 Å². The van der Waals surface area contributed by atoms with Crippen molar-refractivity contribution < 1.29 is 4.79 Å². The number of aromatic nitrogens is 2. The van der Waals surface area contributed by atoms with E-state index in [0.717, 1.165) is 5.56 Å². The lowest BCUT2D eigenvalue weighted by atomic mass is 10.2. The van der Waals surface area contributed by atoms with E-state index in [1.54, 1.807) is 29.1 Å². The maximum atomic E-state index is 12.3. The van der Waals surface area contributed by atoms with Crippen molar-refractivity contribution in [3.8, 4) is 0 Å². The van der Waals surface area contributed by atoms with Crippen molar-refractivity contribution >= 4 is 46.5 Å². The highest BCUT2D eigenvalue weighted by atomic mass is 35.5. The maximum Gasteiger partial charge on any atom is 0.258 e. The van der Waals surface area contributed by atoms with E-state index in [-0.39, 0.29) is 16.4 Å². The Balaban J connectivity index is 1.78. The smallest absolute Gasteiger partial charge is 0.258 e. The zero-order valence-corrected chi connectivity index (χ0v) is 14.6. The molecule has 7 heteroatoms. The fourth-order valence-corrected chi connectivity index (χ4v) is 2.77. The van der Waals surface area contributed by atoms with Gasteiger partial charge in [-0.3, -0.25) is 9.48 Å². The Bertz CT molecular complexity index is 878. The van der Waals surface area contributed by atoms with E-state index >= 15 is 0 Å². The summed E-state index contributed by atoms with van der Waals surface area (Å²) in [6.45, 7) is 0.550. The van der Waals surface area contributed by atoms with E-state index in [1.807, 2.05) is 30.3 Å². The van der Waals surface area contributed by atoms with Gasteiger partial charge >= 0.3 is 0 Å². The molecule has 122 valence electrons. The second-order valence-corrected chi connectivity index (χ2v) is 6.26. The van der Waals surface area contributed by atoms with Gasteiger partial charge in [-0.15, -0.1) is 0 Å². The van der Waals surface area contributed by atoms with Gasteiger partial charge in [0.15, 0.2) is 5.82 Å². The number of nitrogens with zero attached hydrogens (tertiary/aromatic N) is 2. The van der Waals surface area contributed by atoms with Gasteiger partial charge in [-0.05, 0) is 17.7 Å². The molecule has 24 heavy (non-hydrogen) atoms. The number of rotatable bonds is 4. The van der Waals surface area contributed by atoms with Crippen LogP contribution >= 0.6 is 34.8 Å². The van der Waals surface area contributed by atoms with Gasteiger partial charge in [-0.1, -0.05) is 71.2 Å². The summed E-state index contributed by atoms with van der Waals surface area (Å²) in [6.07, 6.45) is 1.66. The molecule has 3 aromatic rings. The second-order valence-electron chi connectivity index (χ2n) is 5.06. The SMILES string of the molecule is O=C(Nc1nn(Cc2ccccc2)cc1Cl)c1cccc(Cl)c1Cl. The van der Waals surface area contributed by atoms with E-state index in [2.05, 4.69) is 10.4 Å². The average Bonchev–Trinajstić information content (AvgIpc) is 2.90. The Kier molecular flexibility index (Phi) is 5.09. The minimum absolute atomic E-state index is 0.191. The van der Waals surface area contributed by atoms with Crippen LogP contribution in [-0.4, -0.2) is 15.7 Å². The van der Waals surface area contributed by atoms with Crippen molar-refractivity contribution in [1.82, 2.24) is 9.78 Å². The number of anilines is 1. The number of hydrogen-bond acceptors (Lipinski definition) is 2. The number of amides is 1. The first-order chi connectivity index (χ1) is 11.5. The molecule has 1 amide bonds. The normalized spacial score (nSPS) is 10.6. The third-order valence-electron chi connectivity index (χ3n) is 3.33. The molecule has 0 unspecified atom stereocenters. The molecule has 0 fully saturated rings. The molecule has 0 bridgehead atoms. The summed E-state index contributed by atoms with van der Waals surface area (Å²) in [7, 11) is 0. The Morgan fingerprint density at radius 3 is 2.50 bits per heavy atom. The van der Waals surface area contributed by atoms with E-state index in [9.17, 15) is 4.79 Å². The zero-order chi connectivity index (χ0) is 17.1. The Morgan fingerprint density at radius 2 is 1.75 bits per heavy atom. The molecule has 4 nitrogen and oxygen atoms in total. The number of benzene rings is 2. The molecule has 1 aromatic heterocycles. The van der Waals surface area contributed by atoms with Crippen LogP contribution < -0.4 is 5.32 Å². The van der Waals surface area contributed by atoms with E-state index < -0.39 is 5.91 Å². The lowest BCUT2D eigenvalue weighted by Crippen LogP contribution is -2.13.